The Morgan fingerprint density at radius 3 is 2.69 bits per heavy atom. The van der Waals surface area contributed by atoms with E-state index in [1.54, 1.807) is 13.0 Å². The zero-order valence-corrected chi connectivity index (χ0v) is 11.5. The Hall–Kier alpha value is -0.770. The van der Waals surface area contributed by atoms with E-state index in [0.29, 0.717) is 17.2 Å². The average molecular weight is 288 g/mol. The van der Waals surface area contributed by atoms with Crippen molar-refractivity contribution in [1.29, 1.82) is 0 Å². The Morgan fingerprint density at radius 1 is 1.56 bits per heavy atom. The molecule has 1 atom stereocenters. The van der Waals surface area contributed by atoms with Crippen LogP contribution in [0.2, 0.25) is 0 Å². The summed E-state index contributed by atoms with van der Waals surface area (Å²) in [6, 6.07) is 1.87. The minimum atomic E-state index is -0.0589. The fraction of sp³-hybridized carbons (Fsp3) is 0.583. The molecule has 0 aliphatic carbocycles. The summed E-state index contributed by atoms with van der Waals surface area (Å²) < 4.78 is 5.11. The largest absolute Gasteiger partial charge is 0.469 e. The van der Waals surface area contributed by atoms with Crippen LogP contribution in [0.5, 0.6) is 0 Å². The van der Waals surface area contributed by atoms with Gasteiger partial charge in [0.1, 0.15) is 5.76 Å². The maximum Gasteiger partial charge on any atom is 0.255 e. The van der Waals surface area contributed by atoms with Gasteiger partial charge >= 0.3 is 0 Å². The molecule has 0 fully saturated rings. The normalized spacial score (nSPS) is 12.8. The molecule has 1 N–H and O–H groups in total. The van der Waals surface area contributed by atoms with Crippen molar-refractivity contribution in [1.82, 2.24) is 5.32 Å². The zero-order chi connectivity index (χ0) is 12.1. The van der Waals surface area contributed by atoms with Gasteiger partial charge in [0.25, 0.3) is 5.91 Å². The molecule has 0 saturated heterocycles. The Labute approximate surface area is 105 Å². The van der Waals surface area contributed by atoms with E-state index in [1.807, 2.05) is 0 Å². The minimum Gasteiger partial charge on any atom is -0.469 e. The third-order valence-electron chi connectivity index (χ3n) is 2.38. The number of furan rings is 1. The summed E-state index contributed by atoms with van der Waals surface area (Å²) in [6.07, 6.45) is 2.50. The standard InChI is InChI=1S/C12H18BrNO2/c1-8(2)6-10(7-13)14-12(15)11-4-5-16-9(11)3/h4-5,8,10H,6-7H2,1-3H3,(H,14,15). The van der Waals surface area contributed by atoms with Crippen LogP contribution in [0, 0.1) is 12.8 Å². The lowest BCUT2D eigenvalue weighted by molar-refractivity contribution is 0.0935. The average Bonchev–Trinajstić information content (AvgIpc) is 2.62. The first-order valence-electron chi connectivity index (χ1n) is 5.45. The smallest absolute Gasteiger partial charge is 0.255 e. The van der Waals surface area contributed by atoms with E-state index in [0.717, 1.165) is 11.8 Å². The van der Waals surface area contributed by atoms with Gasteiger partial charge in [-0.1, -0.05) is 29.8 Å². The van der Waals surface area contributed by atoms with E-state index in [-0.39, 0.29) is 11.9 Å². The van der Waals surface area contributed by atoms with Crippen molar-refractivity contribution < 1.29 is 9.21 Å². The fourth-order valence-corrected chi connectivity index (χ4v) is 2.04. The monoisotopic (exact) mass is 287 g/mol. The number of amides is 1. The molecule has 0 radical (unpaired) electrons. The van der Waals surface area contributed by atoms with E-state index in [9.17, 15) is 4.79 Å². The Kier molecular flexibility index (Phi) is 5.06. The predicted molar refractivity (Wildman–Crippen MR) is 67.9 cm³/mol. The van der Waals surface area contributed by atoms with Crippen molar-refractivity contribution in [3.63, 3.8) is 0 Å². The number of hydrogen-bond donors (Lipinski definition) is 1. The molecule has 1 unspecified atom stereocenters. The Morgan fingerprint density at radius 2 is 2.25 bits per heavy atom. The maximum absolute atomic E-state index is 11.9. The van der Waals surface area contributed by atoms with Crippen LogP contribution in [0.4, 0.5) is 0 Å². The highest BCUT2D eigenvalue weighted by Crippen LogP contribution is 2.11. The van der Waals surface area contributed by atoms with E-state index < -0.39 is 0 Å². The molecular formula is C12H18BrNO2. The van der Waals surface area contributed by atoms with Gasteiger partial charge in [0.15, 0.2) is 0 Å². The molecule has 0 bridgehead atoms. The summed E-state index contributed by atoms with van der Waals surface area (Å²) in [7, 11) is 0. The van der Waals surface area contributed by atoms with Crippen LogP contribution in [0.1, 0.15) is 36.4 Å². The van der Waals surface area contributed by atoms with E-state index in [4.69, 9.17) is 4.42 Å². The van der Waals surface area contributed by atoms with Gasteiger partial charge in [-0.2, -0.15) is 0 Å². The molecule has 1 aromatic heterocycles. The van der Waals surface area contributed by atoms with Crippen LogP contribution in [-0.2, 0) is 0 Å². The third-order valence-corrected chi connectivity index (χ3v) is 3.16. The quantitative estimate of drug-likeness (QED) is 0.846. The van der Waals surface area contributed by atoms with Gasteiger partial charge < -0.3 is 9.73 Å². The number of carbonyl (C=O) groups excluding carboxylic acids is 1. The van der Waals surface area contributed by atoms with E-state index in [1.165, 1.54) is 6.26 Å². The highest BCUT2D eigenvalue weighted by Gasteiger charge is 2.16. The van der Waals surface area contributed by atoms with Crippen LogP contribution in [-0.4, -0.2) is 17.3 Å². The first kappa shape index (κ1) is 13.3. The van der Waals surface area contributed by atoms with Gasteiger partial charge in [-0.05, 0) is 25.3 Å². The van der Waals surface area contributed by atoms with E-state index >= 15 is 0 Å². The molecule has 0 spiro atoms. The lowest BCUT2D eigenvalue weighted by Gasteiger charge is -2.17. The van der Waals surface area contributed by atoms with Gasteiger partial charge in [0, 0.05) is 11.4 Å². The van der Waals surface area contributed by atoms with E-state index in [2.05, 4.69) is 35.1 Å². The molecule has 3 nitrogen and oxygen atoms in total. The highest BCUT2D eigenvalue weighted by atomic mass is 79.9. The van der Waals surface area contributed by atoms with Gasteiger partial charge in [0.2, 0.25) is 0 Å². The molecule has 0 aliphatic rings. The number of hydrogen-bond acceptors (Lipinski definition) is 2. The molecule has 1 aromatic rings. The molecule has 0 aromatic carbocycles. The number of aryl methyl sites for hydroxylation is 1. The van der Waals surface area contributed by atoms with Crippen molar-refractivity contribution in [2.24, 2.45) is 5.92 Å². The van der Waals surface area contributed by atoms with Crippen molar-refractivity contribution in [3.05, 3.63) is 23.7 Å². The highest BCUT2D eigenvalue weighted by molar-refractivity contribution is 9.09. The predicted octanol–water partition coefficient (Wildman–Crippen LogP) is 3.13. The van der Waals surface area contributed by atoms with Crippen LogP contribution in [0.15, 0.2) is 16.7 Å². The van der Waals surface area contributed by atoms with Crippen molar-refractivity contribution in [3.8, 4) is 0 Å². The number of rotatable bonds is 5. The summed E-state index contributed by atoms with van der Waals surface area (Å²) in [5.74, 6) is 1.17. The SMILES string of the molecule is Cc1occc1C(=O)NC(CBr)CC(C)C. The Balaban J connectivity index is 2.59. The molecule has 16 heavy (non-hydrogen) atoms. The third kappa shape index (κ3) is 3.67. The fourth-order valence-electron chi connectivity index (χ4n) is 1.61. The van der Waals surface area contributed by atoms with Gasteiger partial charge in [-0.25, -0.2) is 0 Å². The lowest BCUT2D eigenvalue weighted by Crippen LogP contribution is -2.37. The van der Waals surface area contributed by atoms with Crippen molar-refractivity contribution in [2.75, 3.05) is 5.33 Å². The molecule has 1 rings (SSSR count). The van der Waals surface area contributed by atoms with Crippen molar-refractivity contribution >= 4 is 21.8 Å². The van der Waals surface area contributed by atoms with Crippen LogP contribution in [0.25, 0.3) is 0 Å². The summed E-state index contributed by atoms with van der Waals surface area (Å²) in [4.78, 5) is 11.9. The van der Waals surface area contributed by atoms with Crippen molar-refractivity contribution in [2.45, 2.75) is 33.2 Å². The summed E-state index contributed by atoms with van der Waals surface area (Å²) in [6.45, 7) is 6.08. The molecule has 0 aliphatic heterocycles. The molecule has 90 valence electrons. The molecule has 0 saturated carbocycles. The van der Waals surface area contributed by atoms with Crippen LogP contribution in [0.3, 0.4) is 0 Å². The number of halogens is 1. The number of alkyl halides is 1. The molecule has 4 heteroatoms. The van der Waals surface area contributed by atoms with Gasteiger partial charge in [-0.3, -0.25) is 4.79 Å². The number of nitrogens with one attached hydrogen (secondary N) is 1. The minimum absolute atomic E-state index is 0.0589. The topological polar surface area (TPSA) is 42.2 Å². The van der Waals surface area contributed by atoms with Gasteiger partial charge in [-0.15, -0.1) is 0 Å². The molecule has 1 heterocycles. The second-order valence-corrected chi connectivity index (χ2v) is 4.99. The lowest BCUT2D eigenvalue weighted by atomic mass is 10.0. The maximum atomic E-state index is 11.9. The molecule has 1 amide bonds. The first-order valence-corrected chi connectivity index (χ1v) is 6.57. The Bertz CT molecular complexity index is 347. The molecular weight excluding hydrogens is 270 g/mol. The second-order valence-electron chi connectivity index (χ2n) is 4.34. The van der Waals surface area contributed by atoms with Crippen LogP contribution >= 0.6 is 15.9 Å². The summed E-state index contributed by atoms with van der Waals surface area (Å²) >= 11 is 3.42. The van der Waals surface area contributed by atoms with Crippen LogP contribution < -0.4 is 5.32 Å². The zero-order valence-electron chi connectivity index (χ0n) is 9.92. The number of carbonyl (C=O) groups is 1. The second kappa shape index (κ2) is 6.09. The first-order chi connectivity index (χ1) is 7.54. The summed E-state index contributed by atoms with van der Waals surface area (Å²) in [5.41, 5.74) is 0.620. The summed E-state index contributed by atoms with van der Waals surface area (Å²) in [5, 5.41) is 3.77. The van der Waals surface area contributed by atoms with Gasteiger partial charge in [0.05, 0.1) is 11.8 Å².